The summed E-state index contributed by atoms with van der Waals surface area (Å²) in [5.41, 5.74) is -2.61. The molecular formula is C18H14Cl2F3N3O2. The third-order valence-electron chi connectivity index (χ3n) is 3.93. The number of anilines is 1. The van der Waals surface area contributed by atoms with Crippen LogP contribution < -0.4 is 10.6 Å². The van der Waals surface area contributed by atoms with E-state index in [9.17, 15) is 23.1 Å². The second-order valence-electron chi connectivity index (χ2n) is 6.00. The number of urea groups is 1. The van der Waals surface area contributed by atoms with Crippen molar-refractivity contribution in [3.8, 4) is 6.07 Å². The van der Waals surface area contributed by atoms with E-state index < -0.39 is 23.4 Å². The smallest absolute Gasteiger partial charge is 0.376 e. The lowest BCUT2D eigenvalue weighted by Gasteiger charge is -2.27. The minimum Gasteiger partial charge on any atom is -0.376 e. The average Bonchev–Trinajstić information content (AvgIpc) is 2.62. The van der Waals surface area contributed by atoms with E-state index in [1.54, 1.807) is 24.3 Å². The van der Waals surface area contributed by atoms with Crippen LogP contribution in [0.5, 0.6) is 0 Å². The van der Waals surface area contributed by atoms with Gasteiger partial charge in [0.15, 0.2) is 5.60 Å². The van der Waals surface area contributed by atoms with Gasteiger partial charge in [0.05, 0.1) is 27.4 Å². The first-order valence-corrected chi connectivity index (χ1v) is 8.54. The molecule has 0 radical (unpaired) electrons. The van der Waals surface area contributed by atoms with Crippen molar-refractivity contribution in [3.05, 3.63) is 63.1 Å². The Kier molecular flexibility index (Phi) is 6.44. The predicted octanol–water partition coefficient (Wildman–Crippen LogP) is 4.96. The maximum atomic E-state index is 13.0. The number of hydrogen-bond donors (Lipinski definition) is 3. The minimum absolute atomic E-state index is 0.0950. The Hall–Kier alpha value is -2.47. The van der Waals surface area contributed by atoms with Crippen molar-refractivity contribution < 1.29 is 23.1 Å². The number of alkyl halides is 3. The van der Waals surface area contributed by atoms with E-state index in [1.165, 1.54) is 0 Å². The molecule has 0 saturated heterocycles. The zero-order valence-corrected chi connectivity index (χ0v) is 15.9. The quantitative estimate of drug-likeness (QED) is 0.639. The summed E-state index contributed by atoms with van der Waals surface area (Å²) in [6.45, 7) is 0.708. The summed E-state index contributed by atoms with van der Waals surface area (Å²) in [7, 11) is 0. The highest BCUT2D eigenvalue weighted by Gasteiger charge is 2.51. The first kappa shape index (κ1) is 21.8. The molecule has 0 spiro atoms. The molecule has 148 valence electrons. The van der Waals surface area contributed by atoms with Crippen LogP contribution in [0.2, 0.25) is 10.0 Å². The fraction of sp³-hybridized carbons (Fsp3) is 0.222. The summed E-state index contributed by atoms with van der Waals surface area (Å²) in [4.78, 5) is 12.0. The Morgan fingerprint density at radius 2 is 1.71 bits per heavy atom. The molecule has 2 amide bonds. The van der Waals surface area contributed by atoms with Gasteiger partial charge in [0, 0.05) is 6.54 Å². The molecule has 3 N–H and O–H groups in total. The molecule has 2 rings (SSSR count). The van der Waals surface area contributed by atoms with E-state index in [0.29, 0.717) is 12.5 Å². The van der Waals surface area contributed by atoms with Crippen LogP contribution in [0.3, 0.4) is 0 Å². The molecule has 0 fully saturated rings. The number of benzene rings is 2. The lowest BCUT2D eigenvalue weighted by molar-refractivity contribution is -0.258. The first-order valence-electron chi connectivity index (χ1n) is 7.78. The highest BCUT2D eigenvalue weighted by molar-refractivity contribution is 6.39. The fourth-order valence-corrected chi connectivity index (χ4v) is 2.76. The van der Waals surface area contributed by atoms with E-state index in [4.69, 9.17) is 28.5 Å². The lowest BCUT2D eigenvalue weighted by atomic mass is 9.95. The molecule has 2 aromatic carbocycles. The predicted molar refractivity (Wildman–Crippen MR) is 99.1 cm³/mol. The van der Waals surface area contributed by atoms with Gasteiger partial charge in [-0.1, -0.05) is 35.3 Å². The summed E-state index contributed by atoms with van der Waals surface area (Å²) in [6, 6.07) is 9.55. The van der Waals surface area contributed by atoms with Crippen LogP contribution in [0.1, 0.15) is 23.6 Å². The van der Waals surface area contributed by atoms with E-state index in [-0.39, 0.29) is 22.3 Å². The number of amides is 2. The van der Waals surface area contributed by atoms with E-state index in [2.05, 4.69) is 10.6 Å². The van der Waals surface area contributed by atoms with Gasteiger partial charge in [0.1, 0.15) is 0 Å². The van der Waals surface area contributed by atoms with Gasteiger partial charge in [-0.05, 0) is 42.3 Å². The van der Waals surface area contributed by atoms with Gasteiger partial charge in [0.2, 0.25) is 0 Å². The maximum absolute atomic E-state index is 13.0. The van der Waals surface area contributed by atoms with Crippen LogP contribution in [0.15, 0.2) is 36.4 Å². The molecule has 0 saturated carbocycles. The normalized spacial score (nSPS) is 13.4. The maximum Gasteiger partial charge on any atom is 0.421 e. The van der Waals surface area contributed by atoms with Crippen LogP contribution in [0.4, 0.5) is 23.7 Å². The van der Waals surface area contributed by atoms with E-state index >= 15 is 0 Å². The second-order valence-corrected chi connectivity index (χ2v) is 6.82. The first-order chi connectivity index (χ1) is 13.0. The van der Waals surface area contributed by atoms with Crippen LogP contribution in [0.25, 0.3) is 0 Å². The summed E-state index contributed by atoms with van der Waals surface area (Å²) in [5, 5.41) is 22.8. The molecule has 0 aliphatic carbocycles. The zero-order valence-electron chi connectivity index (χ0n) is 14.4. The number of nitriles is 1. The summed E-state index contributed by atoms with van der Waals surface area (Å²) < 4.78 is 38.9. The molecule has 0 bridgehead atoms. The largest absolute Gasteiger partial charge is 0.421 e. The van der Waals surface area contributed by atoms with Gasteiger partial charge in [-0.3, -0.25) is 0 Å². The van der Waals surface area contributed by atoms with Gasteiger partial charge in [-0.2, -0.15) is 18.4 Å². The molecule has 0 unspecified atom stereocenters. The van der Waals surface area contributed by atoms with Crippen LogP contribution in [0, 0.1) is 11.3 Å². The van der Waals surface area contributed by atoms with Crippen molar-refractivity contribution in [1.29, 1.82) is 5.26 Å². The molecule has 2 aromatic rings. The van der Waals surface area contributed by atoms with Crippen molar-refractivity contribution in [2.24, 2.45) is 0 Å². The number of aliphatic hydroxyl groups is 1. The fourth-order valence-electron chi connectivity index (χ4n) is 2.17. The van der Waals surface area contributed by atoms with Crippen LogP contribution in [-0.4, -0.2) is 17.3 Å². The second kappa shape index (κ2) is 8.27. The number of nitrogens with one attached hydrogen (secondary N) is 2. The Morgan fingerprint density at radius 1 is 1.18 bits per heavy atom. The summed E-state index contributed by atoms with van der Waals surface area (Å²) in [5.74, 6) is 0. The van der Waals surface area contributed by atoms with Gasteiger partial charge >= 0.3 is 12.2 Å². The lowest BCUT2D eigenvalue weighted by Crippen LogP contribution is -2.39. The average molecular weight is 432 g/mol. The number of nitrogens with zero attached hydrogens (tertiary/aromatic N) is 1. The van der Waals surface area contributed by atoms with Gasteiger partial charge < -0.3 is 15.7 Å². The van der Waals surface area contributed by atoms with Crippen molar-refractivity contribution >= 4 is 34.9 Å². The van der Waals surface area contributed by atoms with Crippen molar-refractivity contribution in [1.82, 2.24) is 5.32 Å². The molecule has 0 heterocycles. The van der Waals surface area contributed by atoms with Crippen molar-refractivity contribution in [2.45, 2.75) is 25.2 Å². The highest BCUT2D eigenvalue weighted by Crippen LogP contribution is 2.42. The molecule has 28 heavy (non-hydrogen) atoms. The minimum atomic E-state index is -4.94. The molecule has 5 nitrogen and oxygen atoms in total. The van der Waals surface area contributed by atoms with Crippen LogP contribution in [-0.2, 0) is 12.1 Å². The monoisotopic (exact) mass is 431 g/mol. The van der Waals surface area contributed by atoms with Crippen molar-refractivity contribution in [2.75, 3.05) is 5.32 Å². The topological polar surface area (TPSA) is 85.2 Å². The van der Waals surface area contributed by atoms with Gasteiger partial charge in [-0.15, -0.1) is 0 Å². The van der Waals surface area contributed by atoms with E-state index in [0.717, 1.165) is 17.7 Å². The molecule has 0 aromatic heterocycles. The molecule has 10 heteroatoms. The number of halogens is 5. The third-order valence-corrected chi connectivity index (χ3v) is 4.53. The molecule has 0 aliphatic rings. The zero-order chi connectivity index (χ0) is 21.1. The number of carbonyl (C=O) groups is 1. The van der Waals surface area contributed by atoms with Gasteiger partial charge in [-0.25, -0.2) is 4.79 Å². The number of hydrogen-bond acceptors (Lipinski definition) is 3. The highest BCUT2D eigenvalue weighted by atomic mass is 35.5. The standard InChI is InChI=1S/C18H14Cl2F3N3O2/c1-17(28,18(21,22)23)12-6-13(19)15(14(20)7-12)26-16(27)25-9-11-4-2-10(8-24)3-5-11/h2-7,28H,9H2,1H3,(H2,25,26,27)/t17-/m1/s1. The van der Waals surface area contributed by atoms with Gasteiger partial charge in [0.25, 0.3) is 0 Å². The summed E-state index contributed by atoms with van der Waals surface area (Å²) in [6.07, 6.45) is -4.94. The summed E-state index contributed by atoms with van der Waals surface area (Å²) >= 11 is 11.9. The Balaban J connectivity index is 2.11. The van der Waals surface area contributed by atoms with Crippen LogP contribution >= 0.6 is 23.2 Å². The third kappa shape index (κ3) is 4.87. The number of rotatable bonds is 4. The molecule has 0 aliphatic heterocycles. The Labute approximate surface area is 168 Å². The SMILES string of the molecule is C[C@@](O)(c1cc(Cl)c(NC(=O)NCc2ccc(C#N)cc2)c(Cl)c1)C(F)(F)F. The molecule has 1 atom stereocenters. The Bertz CT molecular complexity index is 900. The van der Waals surface area contributed by atoms with Crippen molar-refractivity contribution in [3.63, 3.8) is 0 Å². The number of carbonyl (C=O) groups excluding carboxylic acids is 1. The Morgan fingerprint density at radius 3 is 2.18 bits per heavy atom. The molecular weight excluding hydrogens is 418 g/mol. The van der Waals surface area contributed by atoms with E-state index in [1.807, 2.05) is 6.07 Å².